The van der Waals surface area contributed by atoms with Gasteiger partial charge >= 0.3 is 0 Å². The van der Waals surface area contributed by atoms with E-state index in [1.165, 1.54) is 18.5 Å². The number of methoxy groups -OCH3 is 2. The summed E-state index contributed by atoms with van der Waals surface area (Å²) in [7, 11) is 5.36. The van der Waals surface area contributed by atoms with Crippen molar-refractivity contribution in [1.82, 2.24) is 15.5 Å². The van der Waals surface area contributed by atoms with Gasteiger partial charge in [0.05, 0.1) is 19.4 Å². The molecule has 29 heavy (non-hydrogen) atoms. The molecule has 2 heterocycles. The van der Waals surface area contributed by atoms with Crippen molar-refractivity contribution in [3.63, 3.8) is 0 Å². The van der Waals surface area contributed by atoms with Crippen molar-refractivity contribution in [1.29, 1.82) is 0 Å². The largest absolute Gasteiger partial charge is 0.495 e. The molecule has 1 atom stereocenters. The summed E-state index contributed by atoms with van der Waals surface area (Å²) in [5.41, 5.74) is 1.17. The fraction of sp³-hybridized carbons (Fsp3) is 0.682. The maximum absolute atomic E-state index is 5.52. The molecule has 0 amide bonds. The fourth-order valence-electron chi connectivity index (χ4n) is 4.25. The number of anilines is 1. The molecule has 1 aromatic rings. The van der Waals surface area contributed by atoms with E-state index in [1.807, 2.05) is 19.2 Å². The molecule has 2 N–H and O–H groups in total. The molecule has 2 saturated heterocycles. The smallest absolute Gasteiger partial charge is 0.191 e. The second kappa shape index (κ2) is 11.3. The van der Waals surface area contributed by atoms with Crippen molar-refractivity contribution in [3.05, 3.63) is 24.3 Å². The van der Waals surface area contributed by atoms with Crippen LogP contribution in [-0.4, -0.2) is 84.0 Å². The molecular weight excluding hydrogens is 366 g/mol. The third kappa shape index (κ3) is 6.24. The number of piperidine rings is 1. The van der Waals surface area contributed by atoms with Gasteiger partial charge in [0.2, 0.25) is 0 Å². The van der Waals surface area contributed by atoms with E-state index in [2.05, 4.69) is 37.6 Å². The van der Waals surface area contributed by atoms with Crippen LogP contribution in [0.5, 0.6) is 5.75 Å². The summed E-state index contributed by atoms with van der Waals surface area (Å²) in [6.45, 7) is 7.17. The van der Waals surface area contributed by atoms with Gasteiger partial charge in [-0.2, -0.15) is 0 Å². The molecule has 1 aromatic carbocycles. The maximum atomic E-state index is 5.52. The molecule has 0 aliphatic carbocycles. The van der Waals surface area contributed by atoms with Gasteiger partial charge in [-0.1, -0.05) is 12.1 Å². The first kappa shape index (κ1) is 21.7. The van der Waals surface area contributed by atoms with Crippen molar-refractivity contribution in [2.24, 2.45) is 10.9 Å². The van der Waals surface area contributed by atoms with Crippen LogP contribution in [0.3, 0.4) is 0 Å². The van der Waals surface area contributed by atoms with E-state index < -0.39 is 0 Å². The molecule has 2 fully saturated rings. The summed E-state index contributed by atoms with van der Waals surface area (Å²) in [6, 6.07) is 8.63. The zero-order chi connectivity index (χ0) is 20.5. The predicted molar refractivity (Wildman–Crippen MR) is 119 cm³/mol. The molecule has 0 spiro atoms. The number of nitrogens with zero attached hydrogens (tertiary/aromatic N) is 3. The monoisotopic (exact) mass is 403 g/mol. The number of aliphatic imine (C=N–C) groups is 1. The predicted octanol–water partition coefficient (Wildman–Crippen LogP) is 1.80. The number of hydrogen-bond acceptors (Lipinski definition) is 5. The Balaban J connectivity index is 1.41. The number of hydrogen-bond donors (Lipinski definition) is 2. The molecule has 2 aliphatic rings. The number of rotatable bonds is 8. The van der Waals surface area contributed by atoms with Crippen molar-refractivity contribution in [3.8, 4) is 5.75 Å². The van der Waals surface area contributed by atoms with Crippen molar-refractivity contribution in [2.45, 2.75) is 25.3 Å². The van der Waals surface area contributed by atoms with E-state index in [4.69, 9.17) is 9.47 Å². The zero-order valence-electron chi connectivity index (χ0n) is 18.2. The minimum absolute atomic E-state index is 0.391. The van der Waals surface area contributed by atoms with Crippen molar-refractivity contribution in [2.75, 3.05) is 72.0 Å². The second-order valence-corrected chi connectivity index (χ2v) is 7.98. The van der Waals surface area contributed by atoms with Crippen LogP contribution in [0.25, 0.3) is 0 Å². The van der Waals surface area contributed by atoms with Crippen LogP contribution in [0.15, 0.2) is 29.3 Å². The van der Waals surface area contributed by atoms with Gasteiger partial charge in [0.15, 0.2) is 5.96 Å². The lowest BCUT2D eigenvalue weighted by Crippen LogP contribution is -2.47. The van der Waals surface area contributed by atoms with Crippen LogP contribution in [-0.2, 0) is 4.74 Å². The number of ether oxygens (including phenoxy) is 2. The highest BCUT2D eigenvalue weighted by Gasteiger charge is 2.25. The van der Waals surface area contributed by atoms with Gasteiger partial charge in [-0.25, -0.2) is 0 Å². The SMILES string of the molecule is CN=C(NCC1CCN(CCOC)CC1)NC1CCN(c2ccccc2OC)C1. The Morgan fingerprint density at radius 2 is 1.93 bits per heavy atom. The summed E-state index contributed by atoms with van der Waals surface area (Å²) in [6.07, 6.45) is 3.56. The topological polar surface area (TPSA) is 61.4 Å². The summed E-state index contributed by atoms with van der Waals surface area (Å²) >= 11 is 0. The Morgan fingerprint density at radius 1 is 1.14 bits per heavy atom. The summed E-state index contributed by atoms with van der Waals surface area (Å²) in [5, 5.41) is 7.16. The van der Waals surface area contributed by atoms with Crippen molar-refractivity contribution >= 4 is 11.6 Å². The van der Waals surface area contributed by atoms with Crippen molar-refractivity contribution < 1.29 is 9.47 Å². The van der Waals surface area contributed by atoms with E-state index in [9.17, 15) is 0 Å². The second-order valence-electron chi connectivity index (χ2n) is 7.98. The molecule has 0 saturated carbocycles. The summed E-state index contributed by atoms with van der Waals surface area (Å²) in [4.78, 5) is 9.33. The van der Waals surface area contributed by atoms with Crippen LogP contribution in [0.1, 0.15) is 19.3 Å². The van der Waals surface area contributed by atoms with Crippen LogP contribution < -0.4 is 20.3 Å². The standard InChI is InChI=1S/C22H37N5O2/c1-23-22(24-16-18-8-11-26(12-9-18)14-15-28-2)25-19-10-13-27(17-19)20-6-4-5-7-21(20)29-3/h4-7,18-19H,8-17H2,1-3H3,(H2,23,24,25). The van der Waals surface area contributed by atoms with Gasteiger partial charge in [0, 0.05) is 46.4 Å². The fourth-order valence-corrected chi connectivity index (χ4v) is 4.25. The highest BCUT2D eigenvalue weighted by Crippen LogP contribution is 2.30. The zero-order valence-corrected chi connectivity index (χ0v) is 18.2. The molecule has 1 unspecified atom stereocenters. The minimum Gasteiger partial charge on any atom is -0.495 e. The molecule has 0 radical (unpaired) electrons. The van der Waals surface area contributed by atoms with E-state index in [0.717, 1.165) is 64.0 Å². The molecule has 162 valence electrons. The molecule has 2 aliphatic heterocycles. The van der Waals surface area contributed by atoms with E-state index in [-0.39, 0.29) is 0 Å². The maximum Gasteiger partial charge on any atom is 0.191 e. The molecule has 0 aromatic heterocycles. The van der Waals surface area contributed by atoms with Gasteiger partial charge in [0.1, 0.15) is 5.75 Å². The van der Waals surface area contributed by atoms with Gasteiger partial charge in [0.25, 0.3) is 0 Å². The molecule has 7 heteroatoms. The first-order valence-corrected chi connectivity index (χ1v) is 10.8. The van der Waals surface area contributed by atoms with Crippen LogP contribution in [0.2, 0.25) is 0 Å². The minimum atomic E-state index is 0.391. The third-order valence-electron chi connectivity index (χ3n) is 6.06. The number of likely N-dealkylation sites (tertiary alicyclic amines) is 1. The van der Waals surface area contributed by atoms with E-state index in [1.54, 1.807) is 14.2 Å². The van der Waals surface area contributed by atoms with Crippen LogP contribution in [0, 0.1) is 5.92 Å². The highest BCUT2D eigenvalue weighted by atomic mass is 16.5. The molecular formula is C22H37N5O2. The van der Waals surface area contributed by atoms with Crippen LogP contribution >= 0.6 is 0 Å². The summed E-state index contributed by atoms with van der Waals surface area (Å²) < 4.78 is 10.7. The lowest BCUT2D eigenvalue weighted by molar-refractivity contribution is 0.121. The average Bonchev–Trinajstić information content (AvgIpc) is 3.24. The lowest BCUT2D eigenvalue weighted by atomic mass is 9.97. The quantitative estimate of drug-likeness (QED) is 0.510. The molecule has 7 nitrogen and oxygen atoms in total. The average molecular weight is 404 g/mol. The Labute approximate surface area is 175 Å². The highest BCUT2D eigenvalue weighted by molar-refractivity contribution is 5.80. The molecule has 3 rings (SSSR count). The van der Waals surface area contributed by atoms with Gasteiger partial charge in [-0.3, -0.25) is 4.99 Å². The Bertz CT molecular complexity index is 646. The number of para-hydroxylation sites is 2. The van der Waals surface area contributed by atoms with Gasteiger partial charge in [-0.05, 0) is 50.4 Å². The summed E-state index contributed by atoms with van der Waals surface area (Å²) in [5.74, 6) is 2.56. The Kier molecular flexibility index (Phi) is 8.43. The number of benzene rings is 1. The van der Waals surface area contributed by atoms with Gasteiger partial charge < -0.3 is 29.9 Å². The van der Waals surface area contributed by atoms with Gasteiger partial charge in [-0.15, -0.1) is 0 Å². The van der Waals surface area contributed by atoms with E-state index in [0.29, 0.717) is 12.0 Å². The number of guanidine groups is 1. The molecule has 0 bridgehead atoms. The Morgan fingerprint density at radius 3 is 2.66 bits per heavy atom. The first-order valence-electron chi connectivity index (χ1n) is 10.8. The number of nitrogens with one attached hydrogen (secondary N) is 2. The Hall–Kier alpha value is -1.99. The van der Waals surface area contributed by atoms with E-state index >= 15 is 0 Å². The first-order chi connectivity index (χ1) is 14.2. The van der Waals surface area contributed by atoms with Crippen LogP contribution in [0.4, 0.5) is 5.69 Å². The third-order valence-corrected chi connectivity index (χ3v) is 6.06. The normalized spacial score (nSPS) is 21.4. The lowest BCUT2D eigenvalue weighted by Gasteiger charge is -2.32.